The standard InChI is InChI=1S/C30H31N5O/c1-30(2,3)34-28-26(24-14-13-22-10-4-5-11-23(22)17-24)33-27-25(12-7-15-35(27)28)29(36)32-19-21-9-6-8-20(16-21)18-31/h4-17,34H,18-19,31H2,1-3H3,(H,32,36). The molecular formula is C30H31N5O. The second-order valence-electron chi connectivity index (χ2n) is 10.1. The van der Waals surface area contributed by atoms with Crippen molar-refractivity contribution in [2.75, 3.05) is 5.32 Å². The molecule has 0 unspecified atom stereocenters. The lowest BCUT2D eigenvalue weighted by Gasteiger charge is -2.22. The monoisotopic (exact) mass is 477 g/mol. The summed E-state index contributed by atoms with van der Waals surface area (Å²) in [5.74, 6) is 0.689. The maximum absolute atomic E-state index is 13.3. The van der Waals surface area contributed by atoms with E-state index in [1.54, 1.807) is 0 Å². The Labute approximate surface area is 211 Å². The Morgan fingerprint density at radius 2 is 1.69 bits per heavy atom. The van der Waals surface area contributed by atoms with Gasteiger partial charge in [0.25, 0.3) is 5.91 Å². The fourth-order valence-electron chi connectivity index (χ4n) is 4.40. The van der Waals surface area contributed by atoms with E-state index in [2.05, 4.69) is 61.7 Å². The number of carbonyl (C=O) groups is 1. The van der Waals surface area contributed by atoms with Crippen molar-refractivity contribution >= 4 is 28.1 Å². The van der Waals surface area contributed by atoms with Crippen LogP contribution < -0.4 is 16.4 Å². The molecule has 0 saturated heterocycles. The third-order valence-corrected chi connectivity index (χ3v) is 6.09. The SMILES string of the molecule is CC(C)(C)Nc1c(-c2ccc3ccccc3c2)nc2c(C(=O)NCc3cccc(CN)c3)cccn12. The molecule has 0 bridgehead atoms. The number of rotatable bonds is 6. The summed E-state index contributed by atoms with van der Waals surface area (Å²) in [5, 5.41) is 8.98. The highest BCUT2D eigenvalue weighted by atomic mass is 16.1. The lowest BCUT2D eigenvalue weighted by molar-refractivity contribution is 0.0952. The molecule has 2 heterocycles. The van der Waals surface area contributed by atoms with Crippen LogP contribution in [0.4, 0.5) is 5.82 Å². The van der Waals surface area contributed by atoms with Gasteiger partial charge in [-0.1, -0.05) is 60.7 Å². The second kappa shape index (κ2) is 9.47. The van der Waals surface area contributed by atoms with Gasteiger partial charge < -0.3 is 16.4 Å². The molecule has 4 N–H and O–H groups in total. The van der Waals surface area contributed by atoms with Crippen molar-refractivity contribution in [3.8, 4) is 11.3 Å². The highest BCUT2D eigenvalue weighted by Crippen LogP contribution is 2.33. The largest absolute Gasteiger partial charge is 0.365 e. The maximum atomic E-state index is 13.3. The van der Waals surface area contributed by atoms with E-state index in [9.17, 15) is 4.79 Å². The van der Waals surface area contributed by atoms with Crippen LogP contribution in [-0.4, -0.2) is 20.8 Å². The third-order valence-electron chi connectivity index (χ3n) is 6.09. The minimum absolute atomic E-state index is 0.170. The number of imidazole rings is 1. The third kappa shape index (κ3) is 4.81. The molecule has 0 aliphatic rings. The van der Waals surface area contributed by atoms with Crippen molar-refractivity contribution in [2.24, 2.45) is 5.73 Å². The highest BCUT2D eigenvalue weighted by Gasteiger charge is 2.22. The van der Waals surface area contributed by atoms with Gasteiger partial charge in [0.2, 0.25) is 0 Å². The van der Waals surface area contributed by atoms with Gasteiger partial charge in [-0.15, -0.1) is 0 Å². The number of amides is 1. The molecule has 0 saturated carbocycles. The number of carbonyl (C=O) groups excluding carboxylic acids is 1. The van der Waals surface area contributed by atoms with E-state index >= 15 is 0 Å². The molecule has 5 aromatic rings. The first kappa shape index (κ1) is 23.6. The van der Waals surface area contributed by atoms with Crippen LogP contribution in [0.25, 0.3) is 27.7 Å². The van der Waals surface area contributed by atoms with Crippen LogP contribution in [0, 0.1) is 0 Å². The van der Waals surface area contributed by atoms with E-state index in [1.807, 2.05) is 59.1 Å². The van der Waals surface area contributed by atoms with Crippen LogP contribution in [0.2, 0.25) is 0 Å². The molecule has 6 nitrogen and oxygen atoms in total. The average Bonchev–Trinajstić information content (AvgIpc) is 3.24. The Kier molecular flexibility index (Phi) is 6.20. The van der Waals surface area contributed by atoms with Gasteiger partial charge >= 0.3 is 0 Å². The Morgan fingerprint density at radius 1 is 0.917 bits per heavy atom. The Hall–Kier alpha value is -4.16. The van der Waals surface area contributed by atoms with Crippen LogP contribution in [0.5, 0.6) is 0 Å². The predicted octanol–water partition coefficient (Wildman–Crippen LogP) is 5.75. The fraction of sp³-hybridized carbons (Fsp3) is 0.200. The molecule has 2 aromatic heterocycles. The number of nitrogens with one attached hydrogen (secondary N) is 2. The summed E-state index contributed by atoms with van der Waals surface area (Å²) >= 11 is 0. The van der Waals surface area contributed by atoms with E-state index in [-0.39, 0.29) is 11.4 Å². The van der Waals surface area contributed by atoms with Crippen LogP contribution in [-0.2, 0) is 13.1 Å². The molecule has 0 aliphatic heterocycles. The molecule has 1 amide bonds. The average molecular weight is 478 g/mol. The van der Waals surface area contributed by atoms with Crippen LogP contribution in [0.15, 0.2) is 85.1 Å². The Morgan fingerprint density at radius 3 is 2.47 bits per heavy atom. The number of aromatic nitrogens is 2. The number of nitrogens with zero attached hydrogens (tertiary/aromatic N) is 2. The van der Waals surface area contributed by atoms with Gasteiger partial charge in [0, 0.05) is 30.4 Å². The second-order valence-corrected chi connectivity index (χ2v) is 10.1. The zero-order valence-corrected chi connectivity index (χ0v) is 20.9. The van der Waals surface area contributed by atoms with E-state index in [4.69, 9.17) is 10.7 Å². The number of hydrogen-bond acceptors (Lipinski definition) is 4. The van der Waals surface area contributed by atoms with Crippen molar-refractivity contribution in [3.05, 3.63) is 102 Å². The number of anilines is 1. The van der Waals surface area contributed by atoms with Gasteiger partial charge in [0.05, 0.1) is 5.56 Å². The van der Waals surface area contributed by atoms with Gasteiger partial charge in [-0.05, 0) is 60.9 Å². The lowest BCUT2D eigenvalue weighted by atomic mass is 10.0. The summed E-state index contributed by atoms with van der Waals surface area (Å²) in [7, 11) is 0. The van der Waals surface area contributed by atoms with Crippen LogP contribution >= 0.6 is 0 Å². The number of benzene rings is 3. The van der Waals surface area contributed by atoms with Crippen LogP contribution in [0.1, 0.15) is 42.3 Å². The molecule has 0 fully saturated rings. The van der Waals surface area contributed by atoms with E-state index < -0.39 is 0 Å². The van der Waals surface area contributed by atoms with Crippen molar-refractivity contribution in [1.82, 2.24) is 14.7 Å². The quantitative estimate of drug-likeness (QED) is 0.291. The summed E-state index contributed by atoms with van der Waals surface area (Å²) in [6, 6.07) is 26.3. The predicted molar refractivity (Wildman–Crippen MR) is 147 cm³/mol. The highest BCUT2D eigenvalue weighted by molar-refractivity contribution is 6.01. The number of nitrogens with two attached hydrogens (primary N) is 1. The topological polar surface area (TPSA) is 84.5 Å². The summed E-state index contributed by atoms with van der Waals surface area (Å²) in [5.41, 5.74) is 10.5. The molecule has 182 valence electrons. The maximum Gasteiger partial charge on any atom is 0.255 e. The molecule has 0 atom stereocenters. The Bertz CT molecular complexity index is 1560. The van der Waals surface area contributed by atoms with Gasteiger partial charge in [-0.3, -0.25) is 9.20 Å². The molecule has 0 aliphatic carbocycles. The van der Waals surface area contributed by atoms with E-state index in [0.29, 0.717) is 24.3 Å². The smallest absolute Gasteiger partial charge is 0.255 e. The Balaban J connectivity index is 1.56. The molecular weight excluding hydrogens is 446 g/mol. The van der Waals surface area contributed by atoms with Gasteiger partial charge in [-0.2, -0.15) is 0 Å². The van der Waals surface area contributed by atoms with Gasteiger partial charge in [0.15, 0.2) is 5.65 Å². The van der Waals surface area contributed by atoms with Crippen molar-refractivity contribution in [1.29, 1.82) is 0 Å². The molecule has 36 heavy (non-hydrogen) atoms. The molecule has 3 aromatic carbocycles. The van der Waals surface area contributed by atoms with Crippen LogP contribution in [0.3, 0.4) is 0 Å². The van der Waals surface area contributed by atoms with Crippen molar-refractivity contribution in [2.45, 2.75) is 39.4 Å². The molecule has 6 heteroatoms. The first-order chi connectivity index (χ1) is 17.3. The zero-order valence-electron chi connectivity index (χ0n) is 20.9. The zero-order chi connectivity index (χ0) is 25.3. The lowest BCUT2D eigenvalue weighted by Crippen LogP contribution is -2.27. The first-order valence-electron chi connectivity index (χ1n) is 12.2. The van der Waals surface area contributed by atoms with Gasteiger partial charge in [0.1, 0.15) is 11.5 Å². The number of hydrogen-bond donors (Lipinski definition) is 3. The summed E-state index contributed by atoms with van der Waals surface area (Å²) in [4.78, 5) is 18.3. The first-order valence-corrected chi connectivity index (χ1v) is 12.2. The van der Waals surface area contributed by atoms with E-state index in [0.717, 1.165) is 33.6 Å². The summed E-state index contributed by atoms with van der Waals surface area (Å²) < 4.78 is 1.97. The normalized spacial score (nSPS) is 11.7. The van der Waals surface area contributed by atoms with Crippen molar-refractivity contribution < 1.29 is 4.79 Å². The molecule has 5 rings (SSSR count). The number of pyridine rings is 1. The summed E-state index contributed by atoms with van der Waals surface area (Å²) in [6.07, 6.45) is 1.95. The van der Waals surface area contributed by atoms with Crippen molar-refractivity contribution in [3.63, 3.8) is 0 Å². The minimum Gasteiger partial charge on any atom is -0.365 e. The van der Waals surface area contributed by atoms with Gasteiger partial charge in [-0.25, -0.2) is 4.98 Å². The molecule has 0 spiro atoms. The van der Waals surface area contributed by atoms with E-state index in [1.165, 1.54) is 5.39 Å². The fourth-order valence-corrected chi connectivity index (χ4v) is 4.40. The number of fused-ring (bicyclic) bond motifs is 2. The molecule has 0 radical (unpaired) electrons. The minimum atomic E-state index is -0.201. The summed E-state index contributed by atoms with van der Waals surface area (Å²) in [6.45, 7) is 7.23.